The molecule has 2 aromatic rings. The number of rotatable bonds is 4. The monoisotopic (exact) mass is 312 g/mol. The van der Waals surface area contributed by atoms with Gasteiger partial charge in [0.2, 0.25) is 0 Å². The van der Waals surface area contributed by atoms with Crippen molar-refractivity contribution in [2.45, 2.75) is 19.6 Å². The number of nitrogens with one attached hydrogen (secondary N) is 1. The molecule has 0 radical (unpaired) electrons. The van der Waals surface area contributed by atoms with Gasteiger partial charge in [0.05, 0.1) is 12.1 Å². The molecule has 0 bridgehead atoms. The summed E-state index contributed by atoms with van der Waals surface area (Å²) in [5.41, 5.74) is 6.87. The van der Waals surface area contributed by atoms with Crippen LogP contribution in [-0.4, -0.2) is 6.54 Å². The predicted molar refractivity (Wildman–Crippen MR) is 74.5 cm³/mol. The second-order valence-corrected chi connectivity index (χ2v) is 4.40. The highest BCUT2D eigenvalue weighted by molar-refractivity contribution is 5.85. The zero-order valence-corrected chi connectivity index (χ0v) is 11.4. The summed E-state index contributed by atoms with van der Waals surface area (Å²) in [6.45, 7) is 2.17. The van der Waals surface area contributed by atoms with E-state index in [4.69, 9.17) is 9.95 Å². The molecular formula is C13H11F3N4O2. The molecule has 1 N–H and O–H groups in total. The van der Waals surface area contributed by atoms with Crippen LogP contribution in [-0.2, 0) is 12.7 Å². The molecule has 0 unspecified atom stereocenters. The smallest absolute Gasteiger partial charge is 0.417 e. The first kappa shape index (κ1) is 15.7. The summed E-state index contributed by atoms with van der Waals surface area (Å²) in [5.74, 6) is 0. The Bertz CT molecular complexity index is 807. The van der Waals surface area contributed by atoms with Crippen LogP contribution in [0.25, 0.3) is 21.4 Å². The summed E-state index contributed by atoms with van der Waals surface area (Å²) in [4.78, 5) is 13.9. The number of fused-ring (bicyclic) bond motifs is 1. The fraction of sp³-hybridized carbons (Fsp3) is 0.308. The maximum atomic E-state index is 13.1. The maximum absolute atomic E-state index is 13.1. The van der Waals surface area contributed by atoms with Crippen LogP contribution >= 0.6 is 0 Å². The lowest BCUT2D eigenvalue weighted by molar-refractivity contribution is -0.136. The van der Waals surface area contributed by atoms with Crippen LogP contribution in [0.4, 0.5) is 18.9 Å². The number of hydrogen-bond acceptors (Lipinski definition) is 4. The van der Waals surface area contributed by atoms with Gasteiger partial charge in [0.25, 0.3) is 0 Å². The number of azide groups is 1. The largest absolute Gasteiger partial charge is 0.423 e. The minimum absolute atomic E-state index is 0.120. The van der Waals surface area contributed by atoms with E-state index in [-0.39, 0.29) is 17.5 Å². The van der Waals surface area contributed by atoms with E-state index in [1.807, 2.05) is 0 Å². The molecule has 22 heavy (non-hydrogen) atoms. The first-order valence-corrected chi connectivity index (χ1v) is 6.29. The van der Waals surface area contributed by atoms with Crippen molar-refractivity contribution in [3.63, 3.8) is 0 Å². The Kier molecular flexibility index (Phi) is 4.27. The van der Waals surface area contributed by atoms with Gasteiger partial charge in [-0.05, 0) is 24.1 Å². The zero-order chi connectivity index (χ0) is 16.3. The van der Waals surface area contributed by atoms with Crippen LogP contribution in [0.1, 0.15) is 18.1 Å². The lowest BCUT2D eigenvalue weighted by Gasteiger charge is -2.13. The number of benzene rings is 1. The fourth-order valence-corrected chi connectivity index (χ4v) is 2.08. The Morgan fingerprint density at radius 2 is 2.09 bits per heavy atom. The number of nitrogens with zero attached hydrogens (tertiary/aromatic N) is 3. The standard InChI is InChI=1S/C13H11F3N4O2/c1-2-18-10-5-11-8(3-7(10)6-19-20-17)9(13(14,15)16)4-12(21)22-11/h3-5,18H,2,6H2,1H3. The fourth-order valence-electron chi connectivity index (χ4n) is 2.08. The lowest BCUT2D eigenvalue weighted by Crippen LogP contribution is -2.11. The topological polar surface area (TPSA) is 91.0 Å². The van der Waals surface area contributed by atoms with Gasteiger partial charge in [-0.3, -0.25) is 0 Å². The average Bonchev–Trinajstić information content (AvgIpc) is 2.43. The third-order valence-electron chi connectivity index (χ3n) is 2.95. The third-order valence-corrected chi connectivity index (χ3v) is 2.95. The van der Waals surface area contributed by atoms with Crippen LogP contribution in [0.5, 0.6) is 0 Å². The van der Waals surface area contributed by atoms with Crippen LogP contribution in [0.2, 0.25) is 0 Å². The average molecular weight is 312 g/mol. The third kappa shape index (κ3) is 3.15. The van der Waals surface area contributed by atoms with Crippen LogP contribution in [0, 0.1) is 0 Å². The number of hydrogen-bond donors (Lipinski definition) is 1. The van der Waals surface area contributed by atoms with E-state index in [0.29, 0.717) is 23.9 Å². The second-order valence-electron chi connectivity index (χ2n) is 4.40. The quantitative estimate of drug-likeness (QED) is 0.399. The van der Waals surface area contributed by atoms with Gasteiger partial charge in [-0.25, -0.2) is 4.79 Å². The maximum Gasteiger partial charge on any atom is 0.417 e. The van der Waals surface area contributed by atoms with Gasteiger partial charge in [0, 0.05) is 34.7 Å². The van der Waals surface area contributed by atoms with E-state index in [9.17, 15) is 18.0 Å². The number of halogens is 3. The normalized spacial score (nSPS) is 11.3. The van der Waals surface area contributed by atoms with Gasteiger partial charge in [0.1, 0.15) is 5.58 Å². The summed E-state index contributed by atoms with van der Waals surface area (Å²) in [7, 11) is 0. The van der Waals surface area contributed by atoms with Gasteiger partial charge in [-0.2, -0.15) is 13.2 Å². The van der Waals surface area contributed by atoms with Crippen molar-refractivity contribution < 1.29 is 17.6 Å². The summed E-state index contributed by atoms with van der Waals surface area (Å²) in [6, 6.07) is 2.93. The molecule has 2 rings (SSSR count). The molecular weight excluding hydrogens is 301 g/mol. The molecule has 0 saturated heterocycles. The Morgan fingerprint density at radius 3 is 2.68 bits per heavy atom. The molecule has 1 aromatic heterocycles. The van der Waals surface area contributed by atoms with E-state index in [1.54, 1.807) is 6.92 Å². The Labute approximate surface area is 122 Å². The minimum Gasteiger partial charge on any atom is -0.423 e. The Hall–Kier alpha value is -2.67. The first-order chi connectivity index (χ1) is 10.4. The van der Waals surface area contributed by atoms with Gasteiger partial charge in [-0.1, -0.05) is 5.11 Å². The van der Waals surface area contributed by atoms with Gasteiger partial charge in [0.15, 0.2) is 0 Å². The molecule has 0 aliphatic heterocycles. The van der Waals surface area contributed by atoms with Crippen molar-refractivity contribution in [1.82, 2.24) is 0 Å². The van der Waals surface area contributed by atoms with E-state index in [2.05, 4.69) is 15.3 Å². The van der Waals surface area contributed by atoms with Crippen LogP contribution < -0.4 is 10.9 Å². The minimum atomic E-state index is -4.69. The van der Waals surface area contributed by atoms with Crippen molar-refractivity contribution in [1.29, 1.82) is 0 Å². The highest BCUT2D eigenvalue weighted by atomic mass is 19.4. The van der Waals surface area contributed by atoms with Crippen molar-refractivity contribution in [2.24, 2.45) is 5.11 Å². The molecule has 0 amide bonds. The molecule has 6 nitrogen and oxygen atoms in total. The molecule has 116 valence electrons. The summed E-state index contributed by atoms with van der Waals surface area (Å²) >= 11 is 0. The molecule has 9 heteroatoms. The van der Waals surface area contributed by atoms with Gasteiger partial charge < -0.3 is 9.73 Å². The zero-order valence-electron chi connectivity index (χ0n) is 11.4. The summed E-state index contributed by atoms with van der Waals surface area (Å²) in [6.07, 6.45) is -4.69. The van der Waals surface area contributed by atoms with Crippen molar-refractivity contribution in [3.05, 3.63) is 50.2 Å². The molecule has 0 aliphatic rings. The van der Waals surface area contributed by atoms with Crippen molar-refractivity contribution in [3.8, 4) is 0 Å². The lowest BCUT2D eigenvalue weighted by atomic mass is 10.0. The number of anilines is 1. The SMILES string of the molecule is CCNc1cc2oc(=O)cc(C(F)(F)F)c2cc1CN=[N+]=[N-]. The van der Waals surface area contributed by atoms with E-state index in [1.165, 1.54) is 12.1 Å². The summed E-state index contributed by atoms with van der Waals surface area (Å²) in [5, 5.41) is 6.04. The van der Waals surface area contributed by atoms with Crippen molar-refractivity contribution >= 4 is 16.7 Å². The molecule has 0 fully saturated rings. The van der Waals surface area contributed by atoms with E-state index in [0.717, 1.165) is 0 Å². The summed E-state index contributed by atoms with van der Waals surface area (Å²) < 4.78 is 44.0. The molecule has 0 spiro atoms. The predicted octanol–water partition coefficient (Wildman–Crippen LogP) is 4.05. The Morgan fingerprint density at radius 1 is 1.36 bits per heavy atom. The van der Waals surface area contributed by atoms with E-state index < -0.39 is 17.4 Å². The second kappa shape index (κ2) is 5.98. The van der Waals surface area contributed by atoms with E-state index >= 15 is 0 Å². The number of alkyl halides is 3. The highest BCUT2D eigenvalue weighted by Crippen LogP contribution is 2.36. The molecule has 1 heterocycles. The highest BCUT2D eigenvalue weighted by Gasteiger charge is 2.34. The molecule has 1 aromatic carbocycles. The molecule has 0 aliphatic carbocycles. The van der Waals surface area contributed by atoms with Gasteiger partial charge >= 0.3 is 11.8 Å². The molecule has 0 atom stereocenters. The van der Waals surface area contributed by atoms with Crippen LogP contribution in [0.15, 0.2) is 32.5 Å². The molecule has 0 saturated carbocycles. The van der Waals surface area contributed by atoms with Crippen molar-refractivity contribution in [2.75, 3.05) is 11.9 Å². The Balaban J connectivity index is 2.78. The first-order valence-electron chi connectivity index (χ1n) is 6.29. The van der Waals surface area contributed by atoms with Crippen LogP contribution in [0.3, 0.4) is 0 Å². The van der Waals surface area contributed by atoms with Gasteiger partial charge in [-0.15, -0.1) is 0 Å².